The van der Waals surface area contributed by atoms with Crippen LogP contribution in [0.15, 0.2) is 84.9 Å². The molecule has 1 amide bonds. The highest BCUT2D eigenvalue weighted by Crippen LogP contribution is 2.18. The maximum atomic E-state index is 12.0. The van der Waals surface area contributed by atoms with Gasteiger partial charge in [0.05, 0.1) is 4.92 Å². The molecule has 0 saturated carbocycles. The minimum atomic E-state index is -0.473. The van der Waals surface area contributed by atoms with Crippen molar-refractivity contribution in [3.63, 3.8) is 0 Å². The number of ether oxygens (including phenoxy) is 1. The molecule has 0 radical (unpaired) electrons. The van der Waals surface area contributed by atoms with Gasteiger partial charge >= 0.3 is 0 Å². The molecule has 0 aromatic heterocycles. The quantitative estimate of drug-likeness (QED) is 0.365. The van der Waals surface area contributed by atoms with E-state index in [-0.39, 0.29) is 11.6 Å². The van der Waals surface area contributed by atoms with E-state index in [9.17, 15) is 14.9 Å². The van der Waals surface area contributed by atoms with Crippen LogP contribution in [0.2, 0.25) is 0 Å². The Labute approximate surface area is 162 Å². The lowest BCUT2D eigenvalue weighted by Crippen LogP contribution is -2.07. The average molecular weight is 374 g/mol. The van der Waals surface area contributed by atoms with Crippen LogP contribution in [0, 0.1) is 10.1 Å². The van der Waals surface area contributed by atoms with Crippen molar-refractivity contribution in [1.82, 2.24) is 0 Å². The van der Waals surface area contributed by atoms with Gasteiger partial charge in [-0.3, -0.25) is 14.9 Å². The fourth-order valence-electron chi connectivity index (χ4n) is 2.47. The first-order valence-electron chi connectivity index (χ1n) is 8.60. The number of benzene rings is 3. The van der Waals surface area contributed by atoms with Gasteiger partial charge in [0.1, 0.15) is 12.4 Å². The summed E-state index contributed by atoms with van der Waals surface area (Å²) in [5.41, 5.74) is 2.26. The largest absolute Gasteiger partial charge is 0.489 e. The summed E-state index contributed by atoms with van der Waals surface area (Å²) in [6, 6.07) is 23.0. The van der Waals surface area contributed by atoms with E-state index < -0.39 is 4.92 Å². The van der Waals surface area contributed by atoms with Gasteiger partial charge in [-0.05, 0) is 41.5 Å². The van der Waals surface area contributed by atoms with Crippen LogP contribution >= 0.6 is 0 Å². The number of non-ortho nitro benzene ring substituents is 1. The minimum Gasteiger partial charge on any atom is -0.489 e. The summed E-state index contributed by atoms with van der Waals surface area (Å²) in [6.45, 7) is 0.471. The number of carbonyl (C=O) groups is 1. The van der Waals surface area contributed by atoms with Crippen molar-refractivity contribution in [2.24, 2.45) is 0 Å². The zero-order valence-electron chi connectivity index (χ0n) is 14.9. The van der Waals surface area contributed by atoms with Gasteiger partial charge in [-0.25, -0.2) is 0 Å². The van der Waals surface area contributed by atoms with E-state index in [0.29, 0.717) is 23.6 Å². The highest BCUT2D eigenvalue weighted by molar-refractivity contribution is 6.01. The molecule has 0 unspecified atom stereocenters. The predicted molar refractivity (Wildman–Crippen MR) is 108 cm³/mol. The highest BCUT2D eigenvalue weighted by atomic mass is 16.6. The first-order valence-corrected chi connectivity index (χ1v) is 8.60. The summed E-state index contributed by atoms with van der Waals surface area (Å²) in [6.07, 6.45) is 2.86. The number of rotatable bonds is 7. The van der Waals surface area contributed by atoms with Gasteiger partial charge in [-0.1, -0.05) is 42.5 Å². The molecule has 0 bridgehead atoms. The Morgan fingerprint density at radius 3 is 2.46 bits per heavy atom. The van der Waals surface area contributed by atoms with Crippen molar-refractivity contribution in [2.45, 2.75) is 6.61 Å². The Hall–Kier alpha value is -3.93. The van der Waals surface area contributed by atoms with Gasteiger partial charge in [0.15, 0.2) is 0 Å². The molecule has 28 heavy (non-hydrogen) atoms. The predicted octanol–water partition coefficient (Wildman–Crippen LogP) is 4.83. The third-order valence-electron chi connectivity index (χ3n) is 3.88. The molecule has 140 valence electrons. The van der Waals surface area contributed by atoms with Crippen molar-refractivity contribution in [3.8, 4) is 5.75 Å². The van der Waals surface area contributed by atoms with Gasteiger partial charge in [-0.2, -0.15) is 0 Å². The molecule has 6 heteroatoms. The summed E-state index contributed by atoms with van der Waals surface area (Å²) in [7, 11) is 0. The topological polar surface area (TPSA) is 81.5 Å². The van der Waals surface area contributed by atoms with Crippen LogP contribution in [0.25, 0.3) is 6.08 Å². The molecule has 0 saturated heterocycles. The Morgan fingerprint density at radius 1 is 1.00 bits per heavy atom. The third kappa shape index (κ3) is 5.54. The van der Waals surface area contributed by atoms with E-state index in [4.69, 9.17) is 4.74 Å². The van der Waals surface area contributed by atoms with Crippen LogP contribution in [0.1, 0.15) is 11.1 Å². The van der Waals surface area contributed by atoms with Crippen molar-refractivity contribution in [3.05, 3.63) is 106 Å². The summed E-state index contributed by atoms with van der Waals surface area (Å²) < 4.78 is 5.71. The summed E-state index contributed by atoms with van der Waals surface area (Å²) in [4.78, 5) is 22.3. The van der Waals surface area contributed by atoms with Gasteiger partial charge in [0, 0.05) is 23.9 Å². The lowest BCUT2D eigenvalue weighted by atomic mass is 10.2. The van der Waals surface area contributed by atoms with Crippen molar-refractivity contribution >= 4 is 23.4 Å². The van der Waals surface area contributed by atoms with Crippen molar-refractivity contribution in [2.75, 3.05) is 5.32 Å². The van der Waals surface area contributed by atoms with E-state index in [1.807, 2.05) is 30.3 Å². The second-order valence-electron chi connectivity index (χ2n) is 5.97. The van der Waals surface area contributed by atoms with Gasteiger partial charge in [0.25, 0.3) is 5.69 Å². The van der Waals surface area contributed by atoms with Crippen LogP contribution in [-0.2, 0) is 11.4 Å². The molecule has 3 aromatic carbocycles. The van der Waals surface area contributed by atoms with Crippen LogP contribution in [0.5, 0.6) is 5.75 Å². The molecule has 0 aliphatic carbocycles. The number of nitrogens with zero attached hydrogens (tertiary/aromatic N) is 1. The second-order valence-corrected chi connectivity index (χ2v) is 5.97. The number of anilines is 1. The van der Waals surface area contributed by atoms with E-state index in [0.717, 1.165) is 5.56 Å². The fraction of sp³-hybridized carbons (Fsp3) is 0.0455. The first kappa shape index (κ1) is 18.8. The highest BCUT2D eigenvalue weighted by Gasteiger charge is 2.04. The molecular weight excluding hydrogens is 356 g/mol. The van der Waals surface area contributed by atoms with Crippen LogP contribution < -0.4 is 10.1 Å². The van der Waals surface area contributed by atoms with E-state index >= 15 is 0 Å². The molecular formula is C22H18N2O4. The van der Waals surface area contributed by atoms with Gasteiger partial charge in [0.2, 0.25) is 5.91 Å². The second kappa shape index (κ2) is 9.14. The average Bonchev–Trinajstić information content (AvgIpc) is 2.73. The Kier molecular flexibility index (Phi) is 6.15. The van der Waals surface area contributed by atoms with Crippen LogP contribution in [-0.4, -0.2) is 10.8 Å². The molecule has 0 atom stereocenters. The normalized spacial score (nSPS) is 10.6. The SMILES string of the molecule is O=C(/C=C/c1cccc([N+](=O)[O-])c1)Nc1ccc(OCc2ccccc2)cc1. The Balaban J connectivity index is 1.54. The molecule has 0 heterocycles. The van der Waals surface area contributed by atoms with Gasteiger partial charge in [-0.15, -0.1) is 0 Å². The lowest BCUT2D eigenvalue weighted by Gasteiger charge is -2.07. The monoisotopic (exact) mass is 374 g/mol. The minimum absolute atomic E-state index is 0.0198. The molecule has 0 fully saturated rings. The first-order chi connectivity index (χ1) is 13.6. The molecule has 1 N–H and O–H groups in total. The lowest BCUT2D eigenvalue weighted by molar-refractivity contribution is -0.384. The molecule has 6 nitrogen and oxygen atoms in total. The number of nitrogens with one attached hydrogen (secondary N) is 1. The fourth-order valence-corrected chi connectivity index (χ4v) is 2.47. The van der Waals surface area contributed by atoms with Crippen LogP contribution in [0.4, 0.5) is 11.4 Å². The number of hydrogen-bond donors (Lipinski definition) is 1. The summed E-state index contributed by atoms with van der Waals surface area (Å²) >= 11 is 0. The number of nitro benzene ring substituents is 1. The molecule has 0 aliphatic heterocycles. The Bertz CT molecular complexity index is 983. The smallest absolute Gasteiger partial charge is 0.270 e. The zero-order chi connectivity index (χ0) is 19.8. The number of nitro groups is 1. The summed E-state index contributed by atoms with van der Waals surface area (Å²) in [5, 5.41) is 13.5. The zero-order valence-corrected chi connectivity index (χ0v) is 14.9. The van der Waals surface area contributed by atoms with E-state index in [1.54, 1.807) is 36.4 Å². The van der Waals surface area contributed by atoms with Crippen molar-refractivity contribution < 1.29 is 14.5 Å². The maximum absolute atomic E-state index is 12.0. The molecule has 3 rings (SSSR count). The molecule has 0 aliphatic rings. The molecule has 0 spiro atoms. The number of carbonyl (C=O) groups excluding carboxylic acids is 1. The third-order valence-corrected chi connectivity index (χ3v) is 3.88. The Morgan fingerprint density at radius 2 is 1.75 bits per heavy atom. The van der Waals surface area contributed by atoms with Crippen LogP contribution in [0.3, 0.4) is 0 Å². The molecule has 3 aromatic rings. The van der Waals surface area contributed by atoms with Gasteiger partial charge < -0.3 is 10.1 Å². The van der Waals surface area contributed by atoms with Crippen molar-refractivity contribution in [1.29, 1.82) is 0 Å². The maximum Gasteiger partial charge on any atom is 0.270 e. The standard InChI is InChI=1S/C22H18N2O4/c25-22(14-9-17-7-4-8-20(15-17)24(26)27)23-19-10-12-21(13-11-19)28-16-18-5-2-1-3-6-18/h1-15H,16H2,(H,23,25)/b14-9+. The van der Waals surface area contributed by atoms with E-state index in [1.165, 1.54) is 24.3 Å². The summed E-state index contributed by atoms with van der Waals surface area (Å²) in [5.74, 6) is 0.374. The number of hydrogen-bond acceptors (Lipinski definition) is 4. The van der Waals surface area contributed by atoms with E-state index in [2.05, 4.69) is 5.32 Å². The number of amides is 1.